The molecule has 4 aliphatic rings. The van der Waals surface area contributed by atoms with Crippen molar-refractivity contribution in [1.82, 2.24) is 0 Å². The van der Waals surface area contributed by atoms with E-state index in [2.05, 4.69) is 26.0 Å². The van der Waals surface area contributed by atoms with E-state index in [0.717, 1.165) is 11.1 Å². The Morgan fingerprint density at radius 2 is 1.75 bits per heavy atom. The predicted molar refractivity (Wildman–Crippen MR) is 79.0 cm³/mol. The van der Waals surface area contributed by atoms with Crippen molar-refractivity contribution in [3.8, 4) is 0 Å². The van der Waals surface area contributed by atoms with Crippen LogP contribution in [0.3, 0.4) is 0 Å². The van der Waals surface area contributed by atoms with E-state index in [0.29, 0.717) is 23.3 Å². The van der Waals surface area contributed by atoms with Crippen LogP contribution in [0.5, 0.6) is 0 Å². The lowest BCUT2D eigenvalue weighted by molar-refractivity contribution is -0.113. The standard InChI is InChI=1S/C18H20O2/c1-10-14-7-8-16(13(4)20)17-15(12(3)19)6-5-9-18(10,17)11(14)2/h5-11,14H,1-4H3. The minimum absolute atomic E-state index is 0.0422. The monoisotopic (exact) mass is 268 g/mol. The molecule has 0 saturated heterocycles. The zero-order valence-corrected chi connectivity index (χ0v) is 12.4. The maximum absolute atomic E-state index is 12.1. The molecule has 4 aliphatic carbocycles. The molecule has 0 aromatic carbocycles. The molecule has 1 fully saturated rings. The van der Waals surface area contributed by atoms with Crippen LogP contribution in [0.2, 0.25) is 0 Å². The topological polar surface area (TPSA) is 34.1 Å². The third kappa shape index (κ3) is 1.39. The number of carbonyl (C=O) groups excluding carboxylic acids is 2. The molecule has 20 heavy (non-hydrogen) atoms. The summed E-state index contributed by atoms with van der Waals surface area (Å²) in [6.07, 6.45) is 10.2. The lowest BCUT2D eigenvalue weighted by Gasteiger charge is -2.59. The molecule has 2 bridgehead atoms. The van der Waals surface area contributed by atoms with Crippen LogP contribution >= 0.6 is 0 Å². The maximum Gasteiger partial charge on any atom is 0.160 e. The molecule has 2 heteroatoms. The van der Waals surface area contributed by atoms with E-state index in [1.165, 1.54) is 0 Å². The lowest BCUT2D eigenvalue weighted by atomic mass is 9.44. The highest BCUT2D eigenvalue weighted by Crippen LogP contribution is 2.65. The first-order chi connectivity index (χ1) is 9.41. The SMILES string of the molecule is CC(=O)C1=CC=CC23C1=C(C(C)=O)C=CC(C2C)C3C. The van der Waals surface area contributed by atoms with Crippen molar-refractivity contribution in [3.05, 3.63) is 47.1 Å². The number of ketones is 2. The Balaban J connectivity index is 2.32. The molecule has 1 saturated carbocycles. The van der Waals surface area contributed by atoms with Crippen LogP contribution in [-0.2, 0) is 9.59 Å². The van der Waals surface area contributed by atoms with E-state index in [4.69, 9.17) is 0 Å². The second-order valence-electron chi connectivity index (χ2n) is 6.29. The van der Waals surface area contributed by atoms with Crippen LogP contribution in [0.4, 0.5) is 0 Å². The largest absolute Gasteiger partial charge is 0.295 e. The summed E-state index contributed by atoms with van der Waals surface area (Å²) in [6.45, 7) is 7.63. The van der Waals surface area contributed by atoms with Gasteiger partial charge in [-0.3, -0.25) is 9.59 Å². The van der Waals surface area contributed by atoms with Gasteiger partial charge in [-0.25, -0.2) is 0 Å². The Hall–Kier alpha value is -1.70. The van der Waals surface area contributed by atoms with E-state index in [-0.39, 0.29) is 17.0 Å². The molecule has 0 aromatic rings. The van der Waals surface area contributed by atoms with Gasteiger partial charge in [0, 0.05) is 16.6 Å². The van der Waals surface area contributed by atoms with Crippen molar-refractivity contribution in [2.75, 3.05) is 0 Å². The molecule has 2 unspecified atom stereocenters. The van der Waals surface area contributed by atoms with Gasteiger partial charge in [0.25, 0.3) is 0 Å². The Kier molecular flexibility index (Phi) is 2.75. The summed E-state index contributed by atoms with van der Waals surface area (Å²) in [5.41, 5.74) is 2.24. The summed E-state index contributed by atoms with van der Waals surface area (Å²) in [4.78, 5) is 24.1. The van der Waals surface area contributed by atoms with E-state index >= 15 is 0 Å². The van der Waals surface area contributed by atoms with Crippen molar-refractivity contribution in [3.63, 3.8) is 0 Å². The molecule has 1 spiro atoms. The van der Waals surface area contributed by atoms with Gasteiger partial charge in [-0.15, -0.1) is 0 Å². The van der Waals surface area contributed by atoms with Crippen LogP contribution in [0.25, 0.3) is 0 Å². The number of rotatable bonds is 2. The molecular formula is C18H20O2. The van der Waals surface area contributed by atoms with Crippen molar-refractivity contribution in [2.24, 2.45) is 23.2 Å². The summed E-state index contributed by atoms with van der Waals surface area (Å²) in [5, 5.41) is 0. The molecule has 4 rings (SSSR count). The normalized spacial score (nSPS) is 37.8. The Morgan fingerprint density at radius 3 is 2.30 bits per heavy atom. The first-order valence-corrected chi connectivity index (χ1v) is 7.26. The van der Waals surface area contributed by atoms with E-state index < -0.39 is 0 Å². The van der Waals surface area contributed by atoms with Gasteiger partial charge in [0.05, 0.1) is 0 Å². The van der Waals surface area contributed by atoms with Crippen LogP contribution in [0.1, 0.15) is 27.7 Å². The van der Waals surface area contributed by atoms with Gasteiger partial charge in [0.15, 0.2) is 11.6 Å². The lowest BCUT2D eigenvalue weighted by Crippen LogP contribution is -2.54. The highest BCUT2D eigenvalue weighted by atomic mass is 16.1. The van der Waals surface area contributed by atoms with Crippen LogP contribution < -0.4 is 0 Å². The van der Waals surface area contributed by atoms with Gasteiger partial charge in [-0.2, -0.15) is 0 Å². The van der Waals surface area contributed by atoms with Gasteiger partial charge < -0.3 is 0 Å². The Morgan fingerprint density at radius 1 is 1.10 bits per heavy atom. The summed E-state index contributed by atoms with van der Waals surface area (Å²) in [7, 11) is 0. The molecule has 0 heterocycles. The van der Waals surface area contributed by atoms with Crippen LogP contribution in [0.15, 0.2) is 47.1 Å². The molecule has 2 atom stereocenters. The second-order valence-corrected chi connectivity index (χ2v) is 6.29. The molecular weight excluding hydrogens is 248 g/mol. The fourth-order valence-electron chi connectivity index (χ4n) is 4.42. The zero-order chi connectivity index (χ0) is 14.7. The maximum atomic E-state index is 12.1. The van der Waals surface area contributed by atoms with Crippen molar-refractivity contribution >= 4 is 11.6 Å². The van der Waals surface area contributed by atoms with Gasteiger partial charge in [-0.05, 0) is 37.2 Å². The number of carbonyl (C=O) groups is 2. The molecule has 0 amide bonds. The molecule has 2 nitrogen and oxygen atoms in total. The summed E-state index contributed by atoms with van der Waals surface area (Å²) in [5.74, 6) is 1.43. The highest BCUT2D eigenvalue weighted by molar-refractivity contribution is 6.05. The number of Topliss-reactive ketones (excluding diaryl/α,β-unsaturated/α-hetero) is 2. The molecule has 0 N–H and O–H groups in total. The first kappa shape index (κ1) is 13.3. The molecule has 104 valence electrons. The second kappa shape index (κ2) is 4.15. The van der Waals surface area contributed by atoms with E-state index in [1.54, 1.807) is 13.8 Å². The van der Waals surface area contributed by atoms with Crippen molar-refractivity contribution < 1.29 is 9.59 Å². The highest BCUT2D eigenvalue weighted by Gasteiger charge is 2.59. The number of allylic oxidation sites excluding steroid dienone is 8. The fraction of sp³-hybridized carbons (Fsp3) is 0.444. The number of hydrogen-bond donors (Lipinski definition) is 0. The van der Waals surface area contributed by atoms with Gasteiger partial charge >= 0.3 is 0 Å². The fourth-order valence-corrected chi connectivity index (χ4v) is 4.42. The summed E-state index contributed by atoms with van der Waals surface area (Å²) >= 11 is 0. The van der Waals surface area contributed by atoms with Crippen molar-refractivity contribution in [1.29, 1.82) is 0 Å². The minimum atomic E-state index is -0.148. The average Bonchev–Trinajstić information content (AvgIpc) is 2.63. The van der Waals surface area contributed by atoms with E-state index in [1.807, 2.05) is 18.2 Å². The molecule has 0 aromatic heterocycles. The average molecular weight is 268 g/mol. The van der Waals surface area contributed by atoms with Crippen LogP contribution in [-0.4, -0.2) is 11.6 Å². The first-order valence-electron chi connectivity index (χ1n) is 7.26. The minimum Gasteiger partial charge on any atom is -0.295 e. The summed E-state index contributed by atoms with van der Waals surface area (Å²) in [6, 6.07) is 0. The van der Waals surface area contributed by atoms with Crippen molar-refractivity contribution in [2.45, 2.75) is 27.7 Å². The molecule has 0 radical (unpaired) electrons. The quantitative estimate of drug-likeness (QED) is 0.769. The van der Waals surface area contributed by atoms with Gasteiger partial charge in [0.1, 0.15) is 0 Å². The number of fused-ring (bicyclic) bond motifs is 1. The Bertz CT molecular complexity index is 618. The van der Waals surface area contributed by atoms with Crippen LogP contribution in [0, 0.1) is 23.2 Å². The Labute approximate surface area is 119 Å². The third-order valence-electron chi connectivity index (χ3n) is 5.51. The zero-order valence-electron chi connectivity index (χ0n) is 12.4. The third-order valence-corrected chi connectivity index (χ3v) is 5.51. The van der Waals surface area contributed by atoms with E-state index in [9.17, 15) is 9.59 Å². The van der Waals surface area contributed by atoms with Gasteiger partial charge in [0.2, 0.25) is 0 Å². The van der Waals surface area contributed by atoms with Gasteiger partial charge in [-0.1, -0.05) is 44.2 Å². The number of hydrogen-bond acceptors (Lipinski definition) is 2. The summed E-state index contributed by atoms with van der Waals surface area (Å²) < 4.78 is 0. The molecule has 0 aliphatic heterocycles. The predicted octanol–water partition coefficient (Wildman–Crippen LogP) is 3.42. The smallest absolute Gasteiger partial charge is 0.160 e.